The highest BCUT2D eigenvalue weighted by atomic mass is 32.2. The van der Waals surface area contributed by atoms with Gasteiger partial charge in [-0.15, -0.1) is 11.8 Å². The van der Waals surface area contributed by atoms with Gasteiger partial charge in [-0.3, -0.25) is 0 Å². The highest BCUT2D eigenvalue weighted by molar-refractivity contribution is 8.00. The molecule has 3 aromatic rings. The van der Waals surface area contributed by atoms with Gasteiger partial charge in [0.1, 0.15) is 11.8 Å². The Labute approximate surface area is 120 Å². The Balaban J connectivity index is 1.62. The number of hydrogen-bond acceptors (Lipinski definition) is 5. The van der Waals surface area contributed by atoms with E-state index in [0.717, 1.165) is 18.6 Å². The molecule has 0 saturated carbocycles. The van der Waals surface area contributed by atoms with E-state index in [1.165, 1.54) is 16.8 Å². The highest BCUT2D eigenvalue weighted by Crippen LogP contribution is 2.37. The third kappa shape index (κ3) is 1.84. The monoisotopic (exact) mass is 283 g/mol. The fourth-order valence-electron chi connectivity index (χ4n) is 2.61. The van der Waals surface area contributed by atoms with Gasteiger partial charge in [0.15, 0.2) is 11.5 Å². The van der Waals surface area contributed by atoms with Crippen molar-refractivity contribution in [3.05, 3.63) is 42.5 Å². The SMILES string of the molecule is Nc1ncnc2c1ncn2CC1Cc2ccccc2S1. The van der Waals surface area contributed by atoms with Crippen LogP contribution in [0, 0.1) is 0 Å². The minimum atomic E-state index is 0.441. The molecule has 100 valence electrons. The molecular weight excluding hydrogens is 270 g/mol. The average Bonchev–Trinajstić information content (AvgIpc) is 3.04. The molecule has 0 amide bonds. The molecule has 1 aromatic carbocycles. The molecule has 2 N–H and O–H groups in total. The Kier molecular flexibility index (Phi) is 2.63. The van der Waals surface area contributed by atoms with Crippen LogP contribution in [0.25, 0.3) is 11.2 Å². The average molecular weight is 283 g/mol. The molecule has 0 saturated heterocycles. The minimum absolute atomic E-state index is 0.441. The largest absolute Gasteiger partial charge is 0.382 e. The van der Waals surface area contributed by atoms with Crippen molar-refractivity contribution >= 4 is 28.7 Å². The first-order valence-electron chi connectivity index (χ1n) is 6.47. The van der Waals surface area contributed by atoms with E-state index in [1.54, 1.807) is 6.33 Å². The number of imidazole rings is 1. The van der Waals surface area contributed by atoms with Crippen molar-refractivity contribution in [3.63, 3.8) is 0 Å². The van der Waals surface area contributed by atoms with Crippen molar-refractivity contribution in [1.82, 2.24) is 19.5 Å². The molecule has 3 heterocycles. The first-order valence-corrected chi connectivity index (χ1v) is 7.35. The van der Waals surface area contributed by atoms with Gasteiger partial charge in [0.05, 0.1) is 6.33 Å². The summed E-state index contributed by atoms with van der Waals surface area (Å²) in [4.78, 5) is 14.0. The summed E-state index contributed by atoms with van der Waals surface area (Å²) in [6.07, 6.45) is 4.38. The van der Waals surface area contributed by atoms with Crippen LogP contribution in [0.4, 0.5) is 5.82 Å². The minimum Gasteiger partial charge on any atom is -0.382 e. The Morgan fingerprint density at radius 1 is 1.25 bits per heavy atom. The summed E-state index contributed by atoms with van der Waals surface area (Å²) >= 11 is 1.92. The fraction of sp³-hybridized carbons (Fsp3) is 0.214. The lowest BCUT2D eigenvalue weighted by Gasteiger charge is -2.09. The maximum Gasteiger partial charge on any atom is 0.165 e. The number of nitrogen functional groups attached to an aromatic ring is 1. The van der Waals surface area contributed by atoms with E-state index < -0.39 is 0 Å². The van der Waals surface area contributed by atoms with Crippen LogP contribution in [0.1, 0.15) is 5.56 Å². The fourth-order valence-corrected chi connectivity index (χ4v) is 3.92. The summed E-state index contributed by atoms with van der Waals surface area (Å²) in [5.41, 5.74) is 8.75. The molecule has 2 aromatic heterocycles. The zero-order valence-electron chi connectivity index (χ0n) is 10.7. The molecule has 1 aliphatic rings. The van der Waals surface area contributed by atoms with E-state index in [2.05, 4.69) is 43.8 Å². The Morgan fingerprint density at radius 3 is 3.05 bits per heavy atom. The van der Waals surface area contributed by atoms with Crippen LogP contribution in [-0.2, 0) is 13.0 Å². The van der Waals surface area contributed by atoms with Crippen molar-refractivity contribution in [1.29, 1.82) is 0 Å². The van der Waals surface area contributed by atoms with Crippen LogP contribution < -0.4 is 5.73 Å². The second-order valence-electron chi connectivity index (χ2n) is 4.88. The van der Waals surface area contributed by atoms with E-state index in [1.807, 2.05) is 11.8 Å². The van der Waals surface area contributed by atoms with E-state index in [-0.39, 0.29) is 0 Å². The molecule has 0 radical (unpaired) electrons. The van der Waals surface area contributed by atoms with Gasteiger partial charge in [0, 0.05) is 16.7 Å². The second kappa shape index (κ2) is 4.49. The first-order chi connectivity index (χ1) is 9.81. The van der Waals surface area contributed by atoms with Crippen molar-refractivity contribution in [2.45, 2.75) is 23.1 Å². The number of nitrogens with two attached hydrogens (primary N) is 1. The summed E-state index contributed by atoms with van der Waals surface area (Å²) in [7, 11) is 0. The van der Waals surface area contributed by atoms with Crippen molar-refractivity contribution in [2.24, 2.45) is 0 Å². The lowest BCUT2D eigenvalue weighted by molar-refractivity contribution is 0.675. The molecule has 0 bridgehead atoms. The van der Waals surface area contributed by atoms with Gasteiger partial charge in [-0.2, -0.15) is 0 Å². The lowest BCUT2D eigenvalue weighted by Crippen LogP contribution is -2.12. The number of nitrogens with zero attached hydrogens (tertiary/aromatic N) is 4. The maximum atomic E-state index is 5.81. The van der Waals surface area contributed by atoms with Gasteiger partial charge in [0.2, 0.25) is 0 Å². The molecule has 0 spiro atoms. The third-order valence-electron chi connectivity index (χ3n) is 3.54. The zero-order valence-corrected chi connectivity index (χ0v) is 11.5. The Morgan fingerprint density at radius 2 is 2.15 bits per heavy atom. The van der Waals surface area contributed by atoms with Crippen LogP contribution in [0.5, 0.6) is 0 Å². The van der Waals surface area contributed by atoms with E-state index >= 15 is 0 Å². The smallest absolute Gasteiger partial charge is 0.165 e. The zero-order chi connectivity index (χ0) is 13.5. The number of rotatable bonds is 2. The Hall–Kier alpha value is -2.08. The molecular formula is C14H13N5S. The predicted molar refractivity (Wildman–Crippen MR) is 79.5 cm³/mol. The molecule has 5 nitrogen and oxygen atoms in total. The number of thioether (sulfide) groups is 1. The van der Waals surface area contributed by atoms with E-state index in [9.17, 15) is 0 Å². The summed E-state index contributed by atoms with van der Waals surface area (Å²) in [6.45, 7) is 0.881. The van der Waals surface area contributed by atoms with Gasteiger partial charge in [-0.1, -0.05) is 18.2 Å². The highest BCUT2D eigenvalue weighted by Gasteiger charge is 2.23. The molecule has 1 aliphatic heterocycles. The van der Waals surface area contributed by atoms with Gasteiger partial charge >= 0.3 is 0 Å². The number of anilines is 1. The van der Waals surface area contributed by atoms with E-state index in [0.29, 0.717) is 16.6 Å². The molecule has 20 heavy (non-hydrogen) atoms. The summed E-state index contributed by atoms with van der Waals surface area (Å²) in [6, 6.07) is 8.58. The second-order valence-corrected chi connectivity index (χ2v) is 6.22. The summed E-state index contributed by atoms with van der Waals surface area (Å²) in [5, 5.41) is 0.515. The predicted octanol–water partition coefficient (Wildman–Crippen LogP) is 2.13. The van der Waals surface area contributed by atoms with Gasteiger partial charge in [0.25, 0.3) is 0 Å². The molecule has 0 aliphatic carbocycles. The topological polar surface area (TPSA) is 69.6 Å². The van der Waals surface area contributed by atoms with E-state index in [4.69, 9.17) is 5.73 Å². The number of benzene rings is 1. The standard InChI is InChI=1S/C14H13N5S/c15-13-12-14(17-7-16-13)19(8-18-12)6-10-5-9-3-1-2-4-11(9)20-10/h1-4,7-8,10H,5-6H2,(H2,15,16,17). The van der Waals surface area contributed by atoms with Crippen LogP contribution in [0.3, 0.4) is 0 Å². The number of aromatic nitrogens is 4. The quantitative estimate of drug-likeness (QED) is 0.780. The third-order valence-corrected chi connectivity index (χ3v) is 4.84. The van der Waals surface area contributed by atoms with Crippen molar-refractivity contribution in [2.75, 3.05) is 5.73 Å². The molecule has 4 rings (SSSR count). The normalized spacial score (nSPS) is 17.5. The van der Waals surface area contributed by atoms with Crippen LogP contribution in [0.15, 0.2) is 41.8 Å². The lowest BCUT2D eigenvalue weighted by atomic mass is 10.1. The maximum absolute atomic E-state index is 5.81. The first kappa shape index (κ1) is 11.7. The Bertz CT molecular complexity index is 757. The van der Waals surface area contributed by atoms with Crippen LogP contribution in [0.2, 0.25) is 0 Å². The van der Waals surface area contributed by atoms with Gasteiger partial charge in [-0.05, 0) is 18.1 Å². The van der Waals surface area contributed by atoms with Crippen LogP contribution in [-0.4, -0.2) is 24.8 Å². The van der Waals surface area contributed by atoms with Gasteiger partial charge in [-0.25, -0.2) is 15.0 Å². The molecule has 1 unspecified atom stereocenters. The van der Waals surface area contributed by atoms with Gasteiger partial charge < -0.3 is 10.3 Å². The molecule has 6 heteroatoms. The summed E-state index contributed by atoms with van der Waals surface area (Å²) < 4.78 is 2.07. The number of fused-ring (bicyclic) bond motifs is 2. The number of hydrogen-bond donors (Lipinski definition) is 1. The molecule has 1 atom stereocenters. The van der Waals surface area contributed by atoms with Crippen LogP contribution >= 0.6 is 11.8 Å². The molecule has 0 fully saturated rings. The van der Waals surface area contributed by atoms with Crippen molar-refractivity contribution in [3.8, 4) is 0 Å². The van der Waals surface area contributed by atoms with Crippen molar-refractivity contribution < 1.29 is 0 Å². The summed E-state index contributed by atoms with van der Waals surface area (Å²) in [5.74, 6) is 0.441.